The smallest absolute Gasteiger partial charge is 0.311 e. The molecule has 1 saturated heterocycles. The molecule has 0 saturated carbocycles. The fourth-order valence-corrected chi connectivity index (χ4v) is 2.03. The van der Waals surface area contributed by atoms with Crippen molar-refractivity contribution in [3.63, 3.8) is 0 Å². The van der Waals surface area contributed by atoms with Crippen LogP contribution in [-0.4, -0.2) is 30.0 Å². The van der Waals surface area contributed by atoms with Gasteiger partial charge in [0, 0.05) is 17.2 Å². The summed E-state index contributed by atoms with van der Waals surface area (Å²) in [6, 6.07) is 12.9. The molecule has 6 heteroatoms. The van der Waals surface area contributed by atoms with Crippen LogP contribution in [0.3, 0.4) is 0 Å². The zero-order valence-corrected chi connectivity index (χ0v) is 11.6. The fraction of sp³-hybridized carbons (Fsp3) is 0.188. The molecule has 2 aromatic carbocycles. The number of carbonyl (C=O) groups excluding carboxylic acids is 1. The minimum absolute atomic E-state index is 0.00484. The molecule has 1 fully saturated rings. The molecule has 0 amide bonds. The minimum atomic E-state index is -0.551. The molecule has 0 aromatic heterocycles. The number of hydrogen-bond acceptors (Lipinski definition) is 5. The van der Waals surface area contributed by atoms with E-state index in [0.717, 1.165) is 0 Å². The van der Waals surface area contributed by atoms with Crippen LogP contribution in [0.5, 0.6) is 5.75 Å². The third kappa shape index (κ3) is 3.12. The Morgan fingerprint density at radius 1 is 1.23 bits per heavy atom. The Morgan fingerprint density at radius 2 is 1.95 bits per heavy atom. The second-order valence-electron chi connectivity index (χ2n) is 4.90. The number of benzene rings is 2. The normalized spacial score (nSPS) is 16.1. The van der Waals surface area contributed by atoms with Crippen molar-refractivity contribution in [2.75, 3.05) is 13.2 Å². The molecule has 6 nitrogen and oxygen atoms in total. The molecule has 1 unspecified atom stereocenters. The molecule has 1 atom stereocenters. The molecule has 0 bridgehead atoms. The van der Waals surface area contributed by atoms with E-state index in [2.05, 4.69) is 0 Å². The van der Waals surface area contributed by atoms with Crippen LogP contribution in [0.25, 0.3) is 0 Å². The number of nitro groups is 1. The zero-order valence-electron chi connectivity index (χ0n) is 11.6. The molecule has 22 heavy (non-hydrogen) atoms. The second kappa shape index (κ2) is 5.95. The van der Waals surface area contributed by atoms with Crippen LogP contribution in [0, 0.1) is 10.1 Å². The first-order valence-corrected chi connectivity index (χ1v) is 6.78. The van der Waals surface area contributed by atoms with Crippen molar-refractivity contribution >= 4 is 11.5 Å². The van der Waals surface area contributed by atoms with Crippen LogP contribution in [0.4, 0.5) is 5.69 Å². The van der Waals surface area contributed by atoms with Gasteiger partial charge in [0.1, 0.15) is 12.7 Å². The molecule has 1 heterocycles. The van der Waals surface area contributed by atoms with Crippen molar-refractivity contribution in [1.82, 2.24) is 0 Å². The van der Waals surface area contributed by atoms with Gasteiger partial charge in [-0.3, -0.25) is 14.9 Å². The highest BCUT2D eigenvalue weighted by atomic mass is 16.6. The van der Waals surface area contributed by atoms with Gasteiger partial charge < -0.3 is 9.47 Å². The lowest BCUT2D eigenvalue weighted by Crippen LogP contribution is -2.07. The van der Waals surface area contributed by atoms with Crippen molar-refractivity contribution in [1.29, 1.82) is 0 Å². The topological polar surface area (TPSA) is 82.0 Å². The number of nitrogens with zero attached hydrogens (tertiary/aromatic N) is 1. The third-order valence-electron chi connectivity index (χ3n) is 3.28. The number of hydrogen-bond donors (Lipinski definition) is 0. The van der Waals surface area contributed by atoms with E-state index in [1.807, 2.05) is 0 Å². The van der Waals surface area contributed by atoms with E-state index in [0.29, 0.717) is 12.2 Å². The van der Waals surface area contributed by atoms with Crippen molar-refractivity contribution in [3.8, 4) is 5.75 Å². The molecule has 2 aromatic rings. The molecular weight excluding hydrogens is 286 g/mol. The van der Waals surface area contributed by atoms with Gasteiger partial charge in [-0.15, -0.1) is 0 Å². The van der Waals surface area contributed by atoms with Crippen molar-refractivity contribution in [2.45, 2.75) is 6.10 Å². The van der Waals surface area contributed by atoms with Crippen molar-refractivity contribution < 1.29 is 19.2 Å². The van der Waals surface area contributed by atoms with Gasteiger partial charge in [0.2, 0.25) is 0 Å². The molecule has 0 N–H and O–H groups in total. The van der Waals surface area contributed by atoms with Crippen LogP contribution >= 0.6 is 0 Å². The van der Waals surface area contributed by atoms with Gasteiger partial charge in [-0.25, -0.2) is 0 Å². The number of rotatable bonds is 6. The van der Waals surface area contributed by atoms with E-state index in [1.165, 1.54) is 18.2 Å². The number of epoxide rings is 1. The lowest BCUT2D eigenvalue weighted by atomic mass is 10.0. The third-order valence-corrected chi connectivity index (χ3v) is 3.28. The summed E-state index contributed by atoms with van der Waals surface area (Å²) in [7, 11) is 0. The van der Waals surface area contributed by atoms with Crippen LogP contribution in [0.2, 0.25) is 0 Å². The van der Waals surface area contributed by atoms with Gasteiger partial charge in [0.05, 0.1) is 11.5 Å². The van der Waals surface area contributed by atoms with Gasteiger partial charge in [0.15, 0.2) is 11.5 Å². The Balaban J connectivity index is 1.87. The second-order valence-corrected chi connectivity index (χ2v) is 4.90. The summed E-state index contributed by atoms with van der Waals surface area (Å²) in [6.07, 6.45) is 0.00484. The maximum atomic E-state index is 12.3. The highest BCUT2D eigenvalue weighted by Crippen LogP contribution is 2.29. The molecule has 1 aliphatic heterocycles. The molecule has 112 valence electrons. The summed E-state index contributed by atoms with van der Waals surface area (Å²) in [5, 5.41) is 11.2. The average Bonchev–Trinajstić information content (AvgIpc) is 3.37. The van der Waals surface area contributed by atoms with Crippen LogP contribution in [-0.2, 0) is 4.74 Å². The zero-order chi connectivity index (χ0) is 15.5. The monoisotopic (exact) mass is 299 g/mol. The Bertz CT molecular complexity index is 710. The molecule has 1 aliphatic rings. The van der Waals surface area contributed by atoms with E-state index in [1.54, 1.807) is 30.3 Å². The summed E-state index contributed by atoms with van der Waals surface area (Å²) >= 11 is 0. The van der Waals surface area contributed by atoms with E-state index in [4.69, 9.17) is 9.47 Å². The Labute approximate surface area is 126 Å². The highest BCUT2D eigenvalue weighted by molar-refractivity contribution is 6.09. The molecule has 0 aliphatic carbocycles. The maximum absolute atomic E-state index is 12.3. The number of ketones is 1. The number of nitro benzene ring substituents is 1. The maximum Gasteiger partial charge on any atom is 0.311 e. The van der Waals surface area contributed by atoms with Gasteiger partial charge in [0.25, 0.3) is 0 Å². The predicted molar refractivity (Wildman–Crippen MR) is 78.2 cm³/mol. The van der Waals surface area contributed by atoms with Gasteiger partial charge in [-0.1, -0.05) is 30.3 Å². The number of carbonyl (C=O) groups is 1. The summed E-state index contributed by atoms with van der Waals surface area (Å²) in [5.41, 5.74) is 0.521. The average molecular weight is 299 g/mol. The summed E-state index contributed by atoms with van der Waals surface area (Å²) in [6.45, 7) is 0.880. The Hall–Kier alpha value is -2.73. The Kier molecular flexibility index (Phi) is 3.84. The quantitative estimate of drug-likeness (QED) is 0.354. The molecule has 3 rings (SSSR count). The molecular formula is C16H13NO5. The van der Waals surface area contributed by atoms with Crippen LogP contribution in [0.15, 0.2) is 48.5 Å². The predicted octanol–water partition coefficient (Wildman–Crippen LogP) is 2.60. The van der Waals surface area contributed by atoms with E-state index in [9.17, 15) is 14.9 Å². The summed E-state index contributed by atoms with van der Waals surface area (Å²) in [5.74, 6) is -0.120. The fourth-order valence-electron chi connectivity index (χ4n) is 2.03. The van der Waals surface area contributed by atoms with E-state index >= 15 is 0 Å². The largest absolute Gasteiger partial charge is 0.484 e. The Morgan fingerprint density at radius 3 is 2.59 bits per heavy atom. The number of ether oxygens (including phenoxy) is 2. The highest BCUT2D eigenvalue weighted by Gasteiger charge is 2.25. The molecule has 0 radical (unpaired) electrons. The van der Waals surface area contributed by atoms with Crippen LogP contribution in [0.1, 0.15) is 15.9 Å². The van der Waals surface area contributed by atoms with Gasteiger partial charge >= 0.3 is 5.69 Å². The summed E-state index contributed by atoms with van der Waals surface area (Å²) < 4.78 is 10.4. The van der Waals surface area contributed by atoms with E-state index < -0.39 is 4.92 Å². The van der Waals surface area contributed by atoms with Gasteiger partial charge in [-0.05, 0) is 12.1 Å². The lowest BCUT2D eigenvalue weighted by Gasteiger charge is -2.07. The minimum Gasteiger partial charge on any atom is -0.484 e. The van der Waals surface area contributed by atoms with Crippen molar-refractivity contribution in [3.05, 3.63) is 69.8 Å². The molecule has 0 spiro atoms. The first kappa shape index (κ1) is 14.2. The van der Waals surface area contributed by atoms with Gasteiger partial charge in [-0.2, -0.15) is 0 Å². The standard InChI is InChI=1S/C16H13NO5/c18-16(11-4-2-1-3-5-11)12-6-7-15(14(8-12)17(19)20)22-10-13-9-21-13/h1-8,13H,9-10H2. The summed E-state index contributed by atoms with van der Waals surface area (Å²) in [4.78, 5) is 23.0. The first-order chi connectivity index (χ1) is 10.6. The van der Waals surface area contributed by atoms with Crippen molar-refractivity contribution in [2.24, 2.45) is 0 Å². The SMILES string of the molecule is O=C(c1ccccc1)c1ccc(OCC2CO2)c([N+](=O)[O-])c1. The lowest BCUT2D eigenvalue weighted by molar-refractivity contribution is -0.385. The van der Waals surface area contributed by atoms with E-state index in [-0.39, 0.29) is 35.5 Å². The van der Waals surface area contributed by atoms with Crippen LogP contribution < -0.4 is 4.74 Å². The first-order valence-electron chi connectivity index (χ1n) is 6.78.